The van der Waals surface area contributed by atoms with E-state index in [1.165, 1.54) is 83.5 Å². The molecule has 1 aliphatic rings. The molecule has 1 aromatic heterocycles. The Labute approximate surface area is 173 Å². The minimum atomic E-state index is -0.266. The topological polar surface area (TPSA) is 25.8 Å². The van der Waals surface area contributed by atoms with E-state index in [1.807, 2.05) is 0 Å². The third-order valence-electron chi connectivity index (χ3n) is 6.56. The number of nitrogens with zero attached hydrogens (tertiary/aromatic N) is 2. The van der Waals surface area contributed by atoms with Crippen LogP contribution in [0.4, 0.5) is 4.39 Å². The van der Waals surface area contributed by atoms with E-state index in [1.54, 1.807) is 6.20 Å². The van der Waals surface area contributed by atoms with Gasteiger partial charge in [0, 0.05) is 17.7 Å². The standard InChI is InChI=1S/C25H43FN2/c1-3-5-7-8-9-10-11-13-15-23-20-27-25(28-24(23)26)22-18-16-21(17-19-22)14-12-6-4-2/h20-22H,3-19H2,1-2H3/t21-,22-. The van der Waals surface area contributed by atoms with E-state index in [4.69, 9.17) is 0 Å². The largest absolute Gasteiger partial charge is 0.241 e. The fourth-order valence-corrected chi connectivity index (χ4v) is 4.60. The van der Waals surface area contributed by atoms with Crippen LogP contribution in [0.1, 0.15) is 134 Å². The number of hydrogen-bond acceptors (Lipinski definition) is 2. The van der Waals surface area contributed by atoms with E-state index in [0.29, 0.717) is 11.5 Å². The molecule has 0 radical (unpaired) electrons. The second kappa shape index (κ2) is 14.1. The van der Waals surface area contributed by atoms with Crippen molar-refractivity contribution in [1.29, 1.82) is 0 Å². The molecule has 3 heteroatoms. The lowest BCUT2D eigenvalue weighted by Gasteiger charge is -2.27. The molecule has 0 amide bonds. The molecule has 0 bridgehead atoms. The van der Waals surface area contributed by atoms with Gasteiger partial charge in [-0.15, -0.1) is 0 Å². The molecule has 1 aromatic rings. The lowest BCUT2D eigenvalue weighted by Crippen LogP contribution is -2.16. The first-order chi connectivity index (χ1) is 13.7. The Morgan fingerprint density at radius 1 is 0.821 bits per heavy atom. The van der Waals surface area contributed by atoms with Crippen molar-refractivity contribution in [2.75, 3.05) is 0 Å². The zero-order valence-electron chi connectivity index (χ0n) is 18.5. The number of halogens is 1. The summed E-state index contributed by atoms with van der Waals surface area (Å²) in [6.07, 6.45) is 22.9. The molecule has 0 spiro atoms. The Bertz CT molecular complexity index is 523. The van der Waals surface area contributed by atoms with E-state index in [9.17, 15) is 4.39 Å². The van der Waals surface area contributed by atoms with Gasteiger partial charge in [0.2, 0.25) is 5.95 Å². The molecule has 0 atom stereocenters. The van der Waals surface area contributed by atoms with E-state index < -0.39 is 0 Å². The first kappa shape index (κ1) is 23.3. The Hall–Kier alpha value is -0.990. The summed E-state index contributed by atoms with van der Waals surface area (Å²) in [6, 6.07) is 0. The molecule has 0 N–H and O–H groups in total. The average Bonchev–Trinajstić information content (AvgIpc) is 2.72. The van der Waals surface area contributed by atoms with Crippen molar-refractivity contribution < 1.29 is 4.39 Å². The normalized spacial score (nSPS) is 19.8. The lowest BCUT2D eigenvalue weighted by molar-refractivity contribution is 0.295. The second-order valence-electron chi connectivity index (χ2n) is 8.98. The lowest BCUT2D eigenvalue weighted by atomic mass is 9.79. The maximum atomic E-state index is 14.5. The number of unbranched alkanes of at least 4 members (excludes halogenated alkanes) is 9. The molecule has 0 unspecified atom stereocenters. The molecule has 1 fully saturated rings. The highest BCUT2D eigenvalue weighted by Crippen LogP contribution is 2.36. The van der Waals surface area contributed by atoms with Gasteiger partial charge in [-0.3, -0.25) is 0 Å². The van der Waals surface area contributed by atoms with Gasteiger partial charge in [-0.2, -0.15) is 4.39 Å². The summed E-state index contributed by atoms with van der Waals surface area (Å²) >= 11 is 0. The molecule has 1 saturated carbocycles. The molecule has 1 heterocycles. The Morgan fingerprint density at radius 2 is 1.43 bits per heavy atom. The monoisotopic (exact) mass is 390 g/mol. The zero-order valence-corrected chi connectivity index (χ0v) is 18.5. The van der Waals surface area contributed by atoms with E-state index in [2.05, 4.69) is 23.8 Å². The molecule has 0 aliphatic heterocycles. The van der Waals surface area contributed by atoms with Crippen molar-refractivity contribution in [2.24, 2.45) is 5.92 Å². The highest BCUT2D eigenvalue weighted by atomic mass is 19.1. The Morgan fingerprint density at radius 3 is 2.07 bits per heavy atom. The smallest absolute Gasteiger partial charge is 0.219 e. The highest BCUT2D eigenvalue weighted by Gasteiger charge is 2.24. The van der Waals surface area contributed by atoms with Crippen LogP contribution < -0.4 is 0 Å². The van der Waals surface area contributed by atoms with Crippen LogP contribution in [-0.2, 0) is 6.42 Å². The van der Waals surface area contributed by atoms with Crippen LogP contribution in [0.2, 0.25) is 0 Å². The van der Waals surface area contributed by atoms with Gasteiger partial charge < -0.3 is 0 Å². The molecule has 0 aromatic carbocycles. The quantitative estimate of drug-likeness (QED) is 0.236. The predicted molar refractivity (Wildman–Crippen MR) is 117 cm³/mol. The van der Waals surface area contributed by atoms with Gasteiger partial charge in [0.05, 0.1) is 0 Å². The number of hydrogen-bond donors (Lipinski definition) is 0. The molecule has 160 valence electrons. The summed E-state index contributed by atoms with van der Waals surface area (Å²) in [6.45, 7) is 4.52. The maximum absolute atomic E-state index is 14.5. The summed E-state index contributed by atoms with van der Waals surface area (Å²) in [5.41, 5.74) is 0.711. The third-order valence-corrected chi connectivity index (χ3v) is 6.56. The maximum Gasteiger partial charge on any atom is 0.219 e. The molecular formula is C25H43FN2. The first-order valence-electron chi connectivity index (χ1n) is 12.3. The highest BCUT2D eigenvalue weighted by molar-refractivity contribution is 5.10. The molecule has 1 aliphatic carbocycles. The van der Waals surface area contributed by atoms with Crippen molar-refractivity contribution in [1.82, 2.24) is 9.97 Å². The van der Waals surface area contributed by atoms with Crippen LogP contribution in [0.5, 0.6) is 0 Å². The van der Waals surface area contributed by atoms with Crippen LogP contribution >= 0.6 is 0 Å². The van der Waals surface area contributed by atoms with Crippen LogP contribution in [0.15, 0.2) is 6.20 Å². The number of aryl methyl sites for hydroxylation is 1. The Kier molecular flexibility index (Phi) is 11.7. The summed E-state index contributed by atoms with van der Waals surface area (Å²) in [4.78, 5) is 8.83. The van der Waals surface area contributed by atoms with Crippen molar-refractivity contribution in [2.45, 2.75) is 129 Å². The van der Waals surface area contributed by atoms with Crippen molar-refractivity contribution in [3.05, 3.63) is 23.5 Å². The van der Waals surface area contributed by atoms with E-state index in [-0.39, 0.29) is 5.95 Å². The van der Waals surface area contributed by atoms with Gasteiger partial charge in [-0.1, -0.05) is 84.5 Å². The Balaban J connectivity index is 1.66. The molecule has 0 saturated heterocycles. The molecule has 28 heavy (non-hydrogen) atoms. The molecular weight excluding hydrogens is 347 g/mol. The van der Waals surface area contributed by atoms with E-state index >= 15 is 0 Å². The van der Waals surface area contributed by atoms with Crippen LogP contribution in [0, 0.1) is 11.9 Å². The average molecular weight is 391 g/mol. The van der Waals surface area contributed by atoms with Gasteiger partial charge in [-0.25, -0.2) is 9.97 Å². The first-order valence-corrected chi connectivity index (χ1v) is 12.3. The predicted octanol–water partition coefficient (Wildman–Crippen LogP) is 8.15. The summed E-state index contributed by atoms with van der Waals surface area (Å²) < 4.78 is 14.5. The van der Waals surface area contributed by atoms with Crippen molar-refractivity contribution in [3.63, 3.8) is 0 Å². The van der Waals surface area contributed by atoms with Crippen molar-refractivity contribution in [3.8, 4) is 0 Å². The summed E-state index contributed by atoms with van der Waals surface area (Å²) in [7, 11) is 0. The van der Waals surface area contributed by atoms with Gasteiger partial charge in [-0.05, 0) is 44.4 Å². The van der Waals surface area contributed by atoms with Crippen LogP contribution in [-0.4, -0.2) is 9.97 Å². The third kappa shape index (κ3) is 8.57. The summed E-state index contributed by atoms with van der Waals surface area (Å²) in [5, 5.41) is 0. The van der Waals surface area contributed by atoms with Gasteiger partial charge in [0.25, 0.3) is 0 Å². The molecule has 2 rings (SSSR count). The number of rotatable bonds is 14. The summed E-state index contributed by atoms with van der Waals surface area (Å²) in [5.74, 6) is 1.73. The van der Waals surface area contributed by atoms with Gasteiger partial charge in [0.1, 0.15) is 5.82 Å². The van der Waals surface area contributed by atoms with Crippen molar-refractivity contribution >= 4 is 0 Å². The van der Waals surface area contributed by atoms with Crippen LogP contribution in [0.3, 0.4) is 0 Å². The fourth-order valence-electron chi connectivity index (χ4n) is 4.60. The van der Waals surface area contributed by atoms with E-state index in [0.717, 1.165) is 37.4 Å². The van der Waals surface area contributed by atoms with Crippen LogP contribution in [0.25, 0.3) is 0 Å². The fraction of sp³-hybridized carbons (Fsp3) is 0.840. The zero-order chi connectivity index (χ0) is 20.0. The minimum absolute atomic E-state index is 0.266. The minimum Gasteiger partial charge on any atom is -0.241 e. The number of aromatic nitrogens is 2. The second-order valence-corrected chi connectivity index (χ2v) is 8.98. The van der Waals surface area contributed by atoms with Gasteiger partial charge in [0.15, 0.2) is 0 Å². The van der Waals surface area contributed by atoms with Gasteiger partial charge >= 0.3 is 0 Å². The SMILES string of the molecule is CCCCCCCCCCc1cnc([C@H]2CC[C@H](CCCCC)CC2)nc1F. The molecule has 2 nitrogen and oxygen atoms in total.